The summed E-state index contributed by atoms with van der Waals surface area (Å²) in [7, 11) is -1.74. The third kappa shape index (κ3) is 3.35. The Morgan fingerprint density at radius 3 is 2.45 bits per heavy atom. The van der Waals surface area contributed by atoms with Gasteiger partial charge < -0.3 is 5.73 Å². The topological polar surface area (TPSA) is 63.4 Å². The SMILES string of the molecule is CN(C1CCCCC1CN)S(=O)(=O)c1ccc(I)cc1. The Morgan fingerprint density at radius 1 is 1.25 bits per heavy atom. The fourth-order valence-corrected chi connectivity index (χ4v) is 4.70. The Morgan fingerprint density at radius 2 is 1.85 bits per heavy atom. The van der Waals surface area contributed by atoms with Gasteiger partial charge >= 0.3 is 0 Å². The van der Waals surface area contributed by atoms with Crippen molar-refractivity contribution < 1.29 is 8.42 Å². The number of rotatable bonds is 4. The second-order valence-electron chi connectivity index (χ2n) is 5.32. The van der Waals surface area contributed by atoms with E-state index in [1.165, 1.54) is 4.31 Å². The molecule has 0 saturated heterocycles. The average Bonchev–Trinajstić information content (AvgIpc) is 2.46. The molecule has 1 saturated carbocycles. The molecule has 2 unspecified atom stereocenters. The third-order valence-electron chi connectivity index (χ3n) is 4.13. The second kappa shape index (κ2) is 6.72. The molecule has 2 atom stereocenters. The first-order valence-electron chi connectivity index (χ1n) is 6.90. The second-order valence-corrected chi connectivity index (χ2v) is 8.57. The molecular weight excluding hydrogens is 387 g/mol. The van der Waals surface area contributed by atoms with E-state index < -0.39 is 10.0 Å². The molecule has 1 aromatic rings. The summed E-state index contributed by atoms with van der Waals surface area (Å²) >= 11 is 2.17. The van der Waals surface area contributed by atoms with Gasteiger partial charge in [-0.2, -0.15) is 4.31 Å². The minimum Gasteiger partial charge on any atom is -0.330 e. The Hall–Kier alpha value is -0.180. The van der Waals surface area contributed by atoms with E-state index in [4.69, 9.17) is 5.73 Å². The Balaban J connectivity index is 2.26. The third-order valence-corrected chi connectivity index (χ3v) is 6.75. The summed E-state index contributed by atoms with van der Waals surface area (Å²) in [5.74, 6) is 0.271. The Labute approximate surface area is 134 Å². The van der Waals surface area contributed by atoms with Crippen LogP contribution >= 0.6 is 22.6 Å². The van der Waals surface area contributed by atoms with Crippen LogP contribution in [0.15, 0.2) is 29.2 Å². The smallest absolute Gasteiger partial charge is 0.243 e. The number of halogens is 1. The van der Waals surface area contributed by atoms with Gasteiger partial charge in [-0.1, -0.05) is 12.8 Å². The van der Waals surface area contributed by atoms with Gasteiger partial charge in [0.25, 0.3) is 0 Å². The number of sulfonamides is 1. The van der Waals surface area contributed by atoms with E-state index in [2.05, 4.69) is 22.6 Å². The molecule has 112 valence electrons. The van der Waals surface area contributed by atoms with Gasteiger partial charge in [-0.25, -0.2) is 8.42 Å². The fourth-order valence-electron chi connectivity index (χ4n) is 2.89. The number of nitrogens with two attached hydrogens (primary N) is 1. The lowest BCUT2D eigenvalue weighted by Crippen LogP contribution is -2.45. The summed E-state index contributed by atoms with van der Waals surface area (Å²) in [6, 6.07) is 7.02. The largest absolute Gasteiger partial charge is 0.330 e. The van der Waals surface area contributed by atoms with Gasteiger partial charge in [0, 0.05) is 16.7 Å². The molecule has 0 amide bonds. The summed E-state index contributed by atoms with van der Waals surface area (Å²) in [5, 5.41) is 0. The summed E-state index contributed by atoms with van der Waals surface area (Å²) in [6.07, 6.45) is 4.15. The molecule has 2 rings (SSSR count). The summed E-state index contributed by atoms with van der Waals surface area (Å²) < 4.78 is 27.9. The van der Waals surface area contributed by atoms with Crippen molar-refractivity contribution in [1.82, 2.24) is 4.31 Å². The molecule has 0 heterocycles. The van der Waals surface area contributed by atoms with Crippen molar-refractivity contribution in [2.45, 2.75) is 36.6 Å². The highest BCUT2D eigenvalue weighted by molar-refractivity contribution is 14.1. The molecule has 1 aromatic carbocycles. The van der Waals surface area contributed by atoms with Crippen LogP contribution in [0.25, 0.3) is 0 Å². The van der Waals surface area contributed by atoms with Gasteiger partial charge in [-0.15, -0.1) is 0 Å². The Kier molecular flexibility index (Phi) is 5.44. The fraction of sp³-hybridized carbons (Fsp3) is 0.571. The van der Waals surface area contributed by atoms with Crippen molar-refractivity contribution in [3.63, 3.8) is 0 Å². The maximum Gasteiger partial charge on any atom is 0.243 e. The summed E-state index contributed by atoms with van der Waals surface area (Å²) in [6.45, 7) is 0.553. The molecule has 2 N–H and O–H groups in total. The van der Waals surface area contributed by atoms with Crippen molar-refractivity contribution in [2.24, 2.45) is 11.7 Å². The van der Waals surface area contributed by atoms with Gasteiger partial charge in [0.2, 0.25) is 10.0 Å². The highest BCUT2D eigenvalue weighted by Gasteiger charge is 2.34. The first kappa shape index (κ1) is 16.2. The molecule has 6 heteroatoms. The van der Waals surface area contributed by atoms with Crippen molar-refractivity contribution in [2.75, 3.05) is 13.6 Å². The lowest BCUT2D eigenvalue weighted by atomic mass is 9.85. The zero-order chi connectivity index (χ0) is 14.8. The van der Waals surface area contributed by atoms with Crippen LogP contribution in [-0.2, 0) is 10.0 Å². The highest BCUT2D eigenvalue weighted by Crippen LogP contribution is 2.30. The maximum atomic E-state index is 12.7. The van der Waals surface area contributed by atoms with Gasteiger partial charge in [-0.05, 0) is 72.2 Å². The first-order chi connectivity index (χ1) is 9.46. The van der Waals surface area contributed by atoms with E-state index in [0.29, 0.717) is 11.4 Å². The van der Waals surface area contributed by atoms with Crippen molar-refractivity contribution in [1.29, 1.82) is 0 Å². The van der Waals surface area contributed by atoms with E-state index in [0.717, 1.165) is 29.3 Å². The molecule has 1 fully saturated rings. The monoisotopic (exact) mass is 408 g/mol. The predicted molar refractivity (Wildman–Crippen MR) is 88.9 cm³/mol. The van der Waals surface area contributed by atoms with E-state index in [1.807, 2.05) is 12.1 Å². The molecule has 0 spiro atoms. The highest BCUT2D eigenvalue weighted by atomic mass is 127. The van der Waals surface area contributed by atoms with Crippen LogP contribution in [0, 0.1) is 9.49 Å². The van der Waals surface area contributed by atoms with Crippen LogP contribution in [0.1, 0.15) is 25.7 Å². The van der Waals surface area contributed by atoms with E-state index >= 15 is 0 Å². The molecule has 0 aromatic heterocycles. The normalized spacial score (nSPS) is 24.0. The summed E-state index contributed by atoms with van der Waals surface area (Å²) in [5.41, 5.74) is 5.81. The average molecular weight is 408 g/mol. The molecule has 0 bridgehead atoms. The minimum atomic E-state index is -3.42. The van der Waals surface area contributed by atoms with Crippen molar-refractivity contribution in [3.05, 3.63) is 27.8 Å². The van der Waals surface area contributed by atoms with Crippen LogP contribution in [0.4, 0.5) is 0 Å². The zero-order valence-electron chi connectivity index (χ0n) is 11.6. The Bertz CT molecular complexity index is 545. The quantitative estimate of drug-likeness (QED) is 0.779. The lowest BCUT2D eigenvalue weighted by molar-refractivity contribution is 0.204. The number of nitrogens with zero attached hydrogens (tertiary/aromatic N) is 1. The van der Waals surface area contributed by atoms with Gasteiger partial charge in [0.15, 0.2) is 0 Å². The zero-order valence-corrected chi connectivity index (χ0v) is 14.6. The molecule has 20 heavy (non-hydrogen) atoms. The molecule has 0 radical (unpaired) electrons. The van der Waals surface area contributed by atoms with E-state index in [-0.39, 0.29) is 12.0 Å². The van der Waals surface area contributed by atoms with Crippen LogP contribution < -0.4 is 5.73 Å². The molecule has 1 aliphatic carbocycles. The molecule has 4 nitrogen and oxygen atoms in total. The van der Waals surface area contributed by atoms with Gasteiger partial charge in [-0.3, -0.25) is 0 Å². The summed E-state index contributed by atoms with van der Waals surface area (Å²) in [4.78, 5) is 0.363. The van der Waals surface area contributed by atoms with Crippen LogP contribution in [0.5, 0.6) is 0 Å². The van der Waals surface area contributed by atoms with Crippen LogP contribution in [0.3, 0.4) is 0 Å². The number of hydrogen-bond donors (Lipinski definition) is 1. The van der Waals surface area contributed by atoms with Gasteiger partial charge in [0.1, 0.15) is 0 Å². The standard InChI is InChI=1S/C14H21IN2O2S/c1-17(14-5-3-2-4-11(14)10-16)20(18,19)13-8-6-12(15)7-9-13/h6-9,11,14H,2-5,10,16H2,1H3. The van der Waals surface area contributed by atoms with Crippen LogP contribution in [-0.4, -0.2) is 32.4 Å². The minimum absolute atomic E-state index is 0.0260. The number of hydrogen-bond acceptors (Lipinski definition) is 3. The molecule has 0 aliphatic heterocycles. The first-order valence-corrected chi connectivity index (χ1v) is 9.42. The van der Waals surface area contributed by atoms with E-state index in [9.17, 15) is 8.42 Å². The van der Waals surface area contributed by atoms with Gasteiger partial charge in [0.05, 0.1) is 4.90 Å². The predicted octanol–water partition coefficient (Wildman–Crippen LogP) is 2.43. The van der Waals surface area contributed by atoms with E-state index in [1.54, 1.807) is 19.2 Å². The molecule has 1 aliphatic rings. The van der Waals surface area contributed by atoms with Crippen LogP contribution in [0.2, 0.25) is 0 Å². The van der Waals surface area contributed by atoms with Crippen molar-refractivity contribution >= 4 is 32.6 Å². The maximum absolute atomic E-state index is 12.7. The molecular formula is C14H21IN2O2S. The number of benzene rings is 1. The lowest BCUT2D eigenvalue weighted by Gasteiger charge is -2.36. The van der Waals surface area contributed by atoms with Crippen molar-refractivity contribution in [3.8, 4) is 0 Å².